The maximum Gasteiger partial charge on any atom is 0.0917 e. The van der Waals surface area contributed by atoms with Crippen molar-refractivity contribution >= 4 is 0 Å². The molecule has 1 aliphatic heterocycles. The molecule has 0 radical (unpaired) electrons. The number of ether oxygens (including phenoxy) is 1. The summed E-state index contributed by atoms with van der Waals surface area (Å²) >= 11 is 0. The van der Waals surface area contributed by atoms with Gasteiger partial charge in [0.1, 0.15) is 0 Å². The van der Waals surface area contributed by atoms with Crippen molar-refractivity contribution in [3.05, 3.63) is 35.4 Å². The lowest BCUT2D eigenvalue weighted by atomic mass is 10.00. The standard InChI is InChI=1S/C18H29NO2/c1-13(2)9-16-5-7-17(8-6-16)18(20)11-19-10-15(4)21-12-14(19)3/h5-8,13-15,18,20H,9-12H2,1-4H3. The van der Waals surface area contributed by atoms with Crippen LogP contribution in [0.25, 0.3) is 0 Å². The second-order valence-electron chi connectivity index (χ2n) is 6.80. The van der Waals surface area contributed by atoms with Gasteiger partial charge in [-0.2, -0.15) is 0 Å². The highest BCUT2D eigenvalue weighted by atomic mass is 16.5. The number of aliphatic hydroxyl groups is 1. The maximum absolute atomic E-state index is 10.5. The monoisotopic (exact) mass is 291 g/mol. The van der Waals surface area contributed by atoms with E-state index in [4.69, 9.17) is 4.74 Å². The van der Waals surface area contributed by atoms with E-state index in [1.807, 2.05) is 0 Å². The Morgan fingerprint density at radius 3 is 2.52 bits per heavy atom. The average Bonchev–Trinajstić information content (AvgIpc) is 2.43. The number of aliphatic hydroxyl groups excluding tert-OH is 1. The summed E-state index contributed by atoms with van der Waals surface area (Å²) in [5.41, 5.74) is 2.35. The van der Waals surface area contributed by atoms with Crippen molar-refractivity contribution in [3.63, 3.8) is 0 Å². The van der Waals surface area contributed by atoms with Crippen LogP contribution in [0.15, 0.2) is 24.3 Å². The fourth-order valence-electron chi connectivity index (χ4n) is 2.90. The number of hydrogen-bond acceptors (Lipinski definition) is 3. The quantitative estimate of drug-likeness (QED) is 0.905. The van der Waals surface area contributed by atoms with Crippen molar-refractivity contribution in [2.75, 3.05) is 19.7 Å². The zero-order chi connectivity index (χ0) is 15.4. The van der Waals surface area contributed by atoms with Crippen LogP contribution in [0.1, 0.15) is 44.9 Å². The first-order valence-electron chi connectivity index (χ1n) is 8.08. The second kappa shape index (κ2) is 7.39. The van der Waals surface area contributed by atoms with Crippen molar-refractivity contribution in [3.8, 4) is 0 Å². The van der Waals surface area contributed by atoms with Crippen molar-refractivity contribution in [2.45, 2.75) is 52.4 Å². The van der Waals surface area contributed by atoms with Gasteiger partial charge in [-0.1, -0.05) is 38.1 Å². The van der Waals surface area contributed by atoms with Crippen molar-refractivity contribution in [1.82, 2.24) is 4.90 Å². The Morgan fingerprint density at radius 2 is 1.90 bits per heavy atom. The molecule has 0 saturated carbocycles. The van der Waals surface area contributed by atoms with Crippen LogP contribution in [-0.2, 0) is 11.2 Å². The van der Waals surface area contributed by atoms with Crippen LogP contribution in [0.2, 0.25) is 0 Å². The predicted octanol–water partition coefficient (Wildman–Crippen LogP) is 3.03. The first-order chi connectivity index (χ1) is 9.95. The molecule has 118 valence electrons. The highest BCUT2D eigenvalue weighted by Gasteiger charge is 2.25. The number of rotatable bonds is 5. The molecule has 0 spiro atoms. The van der Waals surface area contributed by atoms with Crippen LogP contribution in [0, 0.1) is 5.92 Å². The fourth-order valence-corrected chi connectivity index (χ4v) is 2.90. The van der Waals surface area contributed by atoms with Crippen LogP contribution in [0.3, 0.4) is 0 Å². The molecule has 0 bridgehead atoms. The van der Waals surface area contributed by atoms with Gasteiger partial charge < -0.3 is 9.84 Å². The van der Waals surface area contributed by atoms with E-state index in [0.717, 1.165) is 25.1 Å². The van der Waals surface area contributed by atoms with E-state index in [9.17, 15) is 5.11 Å². The lowest BCUT2D eigenvalue weighted by molar-refractivity contribution is -0.0619. The molecular weight excluding hydrogens is 262 g/mol. The zero-order valence-electron chi connectivity index (χ0n) is 13.7. The Kier molecular flexibility index (Phi) is 5.80. The minimum atomic E-state index is -0.425. The number of benzene rings is 1. The van der Waals surface area contributed by atoms with Crippen molar-refractivity contribution < 1.29 is 9.84 Å². The van der Waals surface area contributed by atoms with Gasteiger partial charge in [0.05, 0.1) is 18.8 Å². The van der Waals surface area contributed by atoms with Gasteiger partial charge in [0.25, 0.3) is 0 Å². The smallest absolute Gasteiger partial charge is 0.0917 e. The molecule has 1 fully saturated rings. The summed E-state index contributed by atoms with van der Waals surface area (Å²) in [6, 6.07) is 8.79. The Balaban J connectivity index is 1.94. The average molecular weight is 291 g/mol. The summed E-state index contributed by atoms with van der Waals surface area (Å²) < 4.78 is 5.64. The molecule has 1 aromatic rings. The number of nitrogens with zero attached hydrogens (tertiary/aromatic N) is 1. The van der Waals surface area contributed by atoms with E-state index in [-0.39, 0.29) is 6.10 Å². The summed E-state index contributed by atoms with van der Waals surface area (Å²) in [5, 5.41) is 10.5. The summed E-state index contributed by atoms with van der Waals surface area (Å²) in [7, 11) is 0. The SMILES string of the molecule is CC(C)Cc1ccc(C(O)CN2CC(C)OCC2C)cc1. The van der Waals surface area contributed by atoms with Crippen molar-refractivity contribution in [2.24, 2.45) is 5.92 Å². The highest BCUT2D eigenvalue weighted by Crippen LogP contribution is 2.20. The number of morpholine rings is 1. The normalized spacial score (nSPS) is 25.2. The van der Waals surface area contributed by atoms with Gasteiger partial charge >= 0.3 is 0 Å². The third-order valence-corrected chi connectivity index (χ3v) is 4.15. The van der Waals surface area contributed by atoms with Gasteiger partial charge in [0.2, 0.25) is 0 Å². The number of hydrogen-bond donors (Lipinski definition) is 1. The molecule has 3 nitrogen and oxygen atoms in total. The minimum Gasteiger partial charge on any atom is -0.387 e. The van der Waals surface area contributed by atoms with Gasteiger partial charge in [0.15, 0.2) is 0 Å². The first-order valence-corrected chi connectivity index (χ1v) is 8.08. The highest BCUT2D eigenvalue weighted by molar-refractivity contribution is 5.24. The second-order valence-corrected chi connectivity index (χ2v) is 6.80. The van der Waals surface area contributed by atoms with E-state index in [1.165, 1.54) is 5.56 Å². The fraction of sp³-hybridized carbons (Fsp3) is 0.667. The molecule has 3 atom stereocenters. The lowest BCUT2D eigenvalue weighted by Gasteiger charge is -2.37. The van der Waals surface area contributed by atoms with E-state index in [1.54, 1.807) is 0 Å². The van der Waals surface area contributed by atoms with Crippen molar-refractivity contribution in [1.29, 1.82) is 0 Å². The largest absolute Gasteiger partial charge is 0.387 e. The Hall–Kier alpha value is -0.900. The summed E-state index contributed by atoms with van der Waals surface area (Å²) in [4.78, 5) is 2.32. The molecular formula is C18H29NO2. The molecule has 1 saturated heterocycles. The lowest BCUT2D eigenvalue weighted by Crippen LogP contribution is -2.48. The predicted molar refractivity (Wildman–Crippen MR) is 86.4 cm³/mol. The maximum atomic E-state index is 10.5. The Bertz CT molecular complexity index is 429. The zero-order valence-corrected chi connectivity index (χ0v) is 13.7. The topological polar surface area (TPSA) is 32.7 Å². The van der Waals surface area contributed by atoms with E-state index >= 15 is 0 Å². The molecule has 2 rings (SSSR count). The van der Waals surface area contributed by atoms with Crippen LogP contribution >= 0.6 is 0 Å². The van der Waals surface area contributed by atoms with Gasteiger partial charge in [-0.15, -0.1) is 0 Å². The molecule has 1 N–H and O–H groups in total. The molecule has 1 aliphatic rings. The molecule has 0 amide bonds. The van der Waals surface area contributed by atoms with Gasteiger partial charge in [-0.25, -0.2) is 0 Å². The molecule has 21 heavy (non-hydrogen) atoms. The third-order valence-electron chi connectivity index (χ3n) is 4.15. The molecule has 3 unspecified atom stereocenters. The van der Waals surface area contributed by atoms with Gasteiger partial charge in [0, 0.05) is 19.1 Å². The molecule has 0 aliphatic carbocycles. The van der Waals surface area contributed by atoms with E-state index in [2.05, 4.69) is 56.9 Å². The molecule has 0 aromatic heterocycles. The molecule has 1 heterocycles. The third kappa shape index (κ3) is 4.80. The Morgan fingerprint density at radius 1 is 1.24 bits per heavy atom. The number of β-amino-alcohol motifs (C(OH)–C–C–N with tert-alkyl or cyclic N) is 1. The van der Waals surface area contributed by atoms with Crippen LogP contribution < -0.4 is 0 Å². The molecule has 3 heteroatoms. The molecule has 1 aromatic carbocycles. The van der Waals surface area contributed by atoms with Gasteiger partial charge in [-0.05, 0) is 37.3 Å². The first kappa shape index (κ1) is 16.5. The minimum absolute atomic E-state index is 0.252. The Labute approximate surface area is 128 Å². The van der Waals surface area contributed by atoms with Crippen LogP contribution in [0.4, 0.5) is 0 Å². The summed E-state index contributed by atoms with van der Waals surface area (Å²) in [6.45, 7) is 11.0. The van der Waals surface area contributed by atoms with Crippen LogP contribution in [-0.4, -0.2) is 41.8 Å². The van der Waals surface area contributed by atoms with Crippen LogP contribution in [0.5, 0.6) is 0 Å². The van der Waals surface area contributed by atoms with Gasteiger partial charge in [-0.3, -0.25) is 4.90 Å². The van der Waals surface area contributed by atoms with E-state index in [0.29, 0.717) is 18.5 Å². The summed E-state index contributed by atoms with van der Waals surface area (Å²) in [6.07, 6.45) is 0.918. The summed E-state index contributed by atoms with van der Waals surface area (Å²) in [5.74, 6) is 0.663. The van der Waals surface area contributed by atoms with E-state index < -0.39 is 6.10 Å².